The van der Waals surface area contributed by atoms with Gasteiger partial charge in [0.15, 0.2) is 6.10 Å². The molecule has 8 heteroatoms. The lowest BCUT2D eigenvalue weighted by Crippen LogP contribution is -2.36. The number of benzene rings is 1. The fraction of sp³-hybridized carbons (Fsp3) is 0.231. The smallest absolute Gasteiger partial charge is 0.267 e. The molecular weight excluding hydrogens is 296 g/mol. The molecule has 0 aliphatic heterocycles. The van der Waals surface area contributed by atoms with E-state index in [-0.39, 0.29) is 5.69 Å². The van der Waals surface area contributed by atoms with Gasteiger partial charge < -0.3 is 9.26 Å². The number of rotatable bonds is 6. The van der Waals surface area contributed by atoms with E-state index in [9.17, 15) is 13.2 Å². The number of aromatic nitrogens is 1. The molecule has 1 aromatic carbocycles. The highest BCUT2D eigenvalue weighted by molar-refractivity contribution is 7.89. The number of amides is 1. The van der Waals surface area contributed by atoms with Gasteiger partial charge >= 0.3 is 0 Å². The van der Waals surface area contributed by atoms with Crippen LogP contribution in [-0.4, -0.2) is 26.6 Å². The van der Waals surface area contributed by atoms with Gasteiger partial charge in [-0.15, -0.1) is 0 Å². The van der Waals surface area contributed by atoms with E-state index in [1.165, 1.54) is 19.4 Å². The number of nitrogens with zero attached hydrogens (tertiary/aromatic N) is 1. The van der Waals surface area contributed by atoms with Crippen LogP contribution in [0, 0.1) is 0 Å². The first-order chi connectivity index (χ1) is 10.0. The predicted octanol–water partition coefficient (Wildman–Crippen LogP) is 1.01. The summed E-state index contributed by atoms with van der Waals surface area (Å²) < 4.78 is 35.4. The van der Waals surface area contributed by atoms with Crippen molar-refractivity contribution in [1.82, 2.24) is 9.88 Å². The van der Waals surface area contributed by atoms with Crippen molar-refractivity contribution in [2.45, 2.75) is 11.9 Å². The van der Waals surface area contributed by atoms with Gasteiger partial charge in [0.2, 0.25) is 10.0 Å². The molecule has 2 aromatic rings. The fourth-order valence-electron chi connectivity index (χ4n) is 1.77. The number of hydrogen-bond acceptors (Lipinski definition) is 6. The van der Waals surface area contributed by atoms with Crippen molar-refractivity contribution in [3.63, 3.8) is 0 Å². The van der Waals surface area contributed by atoms with E-state index in [2.05, 4.69) is 9.68 Å². The molecule has 0 radical (unpaired) electrons. The second-order valence-electron chi connectivity index (χ2n) is 4.24. The number of hydrogen-bond donors (Lipinski definition) is 1. The van der Waals surface area contributed by atoms with Crippen molar-refractivity contribution < 1.29 is 22.5 Å². The summed E-state index contributed by atoms with van der Waals surface area (Å²) in [5.41, 5.74) is 0.776. The third kappa shape index (κ3) is 4.14. The molecule has 1 aromatic heterocycles. The van der Waals surface area contributed by atoms with Crippen LogP contribution in [0.2, 0.25) is 0 Å². The third-order valence-electron chi connectivity index (χ3n) is 2.66. The molecule has 21 heavy (non-hydrogen) atoms. The quantitative estimate of drug-likeness (QED) is 0.855. The van der Waals surface area contributed by atoms with Crippen LogP contribution in [0.4, 0.5) is 0 Å². The minimum Gasteiger partial charge on any atom is -0.367 e. The lowest BCUT2D eigenvalue weighted by atomic mass is 10.1. The Morgan fingerprint density at radius 1 is 1.33 bits per heavy atom. The molecule has 1 heterocycles. The van der Waals surface area contributed by atoms with Gasteiger partial charge in [0, 0.05) is 13.2 Å². The lowest BCUT2D eigenvalue weighted by Gasteiger charge is -2.15. The van der Waals surface area contributed by atoms with Crippen LogP contribution in [0.3, 0.4) is 0 Å². The lowest BCUT2D eigenvalue weighted by molar-refractivity contribution is -0.129. The molecule has 0 unspecified atom stereocenters. The Labute approximate surface area is 121 Å². The second-order valence-corrected chi connectivity index (χ2v) is 5.96. The average molecular weight is 310 g/mol. The van der Waals surface area contributed by atoms with Crippen molar-refractivity contribution in [2.24, 2.45) is 0 Å². The standard InChI is InChI=1S/C13H14N2O5S/c1-19-12(10-5-3-2-4-6-10)13(16)15-21(17,18)9-11-7-8-20-14-11/h2-8,12H,9H2,1H3,(H,15,16)/t12-/m0/s1. The van der Waals surface area contributed by atoms with Crippen LogP contribution in [-0.2, 0) is 25.3 Å². The largest absolute Gasteiger partial charge is 0.367 e. The van der Waals surface area contributed by atoms with Crippen molar-refractivity contribution in [2.75, 3.05) is 7.11 Å². The first-order valence-corrected chi connectivity index (χ1v) is 7.68. The maximum atomic E-state index is 12.1. The van der Waals surface area contributed by atoms with Crippen molar-refractivity contribution in [3.8, 4) is 0 Å². The summed E-state index contributed by atoms with van der Waals surface area (Å²) in [5.74, 6) is -1.20. The van der Waals surface area contributed by atoms with E-state index in [0.717, 1.165) is 0 Å². The van der Waals surface area contributed by atoms with Gasteiger partial charge in [0.1, 0.15) is 17.7 Å². The Morgan fingerprint density at radius 2 is 2.05 bits per heavy atom. The summed E-state index contributed by atoms with van der Waals surface area (Å²) in [5, 5.41) is 3.50. The van der Waals surface area contributed by atoms with E-state index >= 15 is 0 Å². The van der Waals surface area contributed by atoms with E-state index < -0.39 is 27.8 Å². The molecule has 0 spiro atoms. The van der Waals surface area contributed by atoms with Crippen molar-refractivity contribution in [3.05, 3.63) is 53.9 Å². The zero-order valence-corrected chi connectivity index (χ0v) is 12.0. The number of nitrogens with one attached hydrogen (secondary N) is 1. The molecule has 1 amide bonds. The molecular formula is C13H14N2O5S. The van der Waals surface area contributed by atoms with Gasteiger partial charge in [0.05, 0.1) is 0 Å². The number of sulfonamides is 1. The minimum atomic E-state index is -3.87. The number of carbonyl (C=O) groups is 1. The van der Waals surface area contributed by atoms with E-state index in [1.54, 1.807) is 30.3 Å². The third-order valence-corrected chi connectivity index (χ3v) is 3.85. The summed E-state index contributed by atoms with van der Waals surface area (Å²) in [6.07, 6.45) is 0.257. The molecule has 0 aliphatic rings. The van der Waals surface area contributed by atoms with Crippen LogP contribution < -0.4 is 4.72 Å². The molecule has 0 aliphatic carbocycles. The maximum absolute atomic E-state index is 12.1. The van der Waals surface area contributed by atoms with Gasteiger partial charge in [-0.3, -0.25) is 9.52 Å². The zero-order chi connectivity index (χ0) is 15.3. The number of methoxy groups -OCH3 is 1. The Hall–Kier alpha value is -2.19. The summed E-state index contributed by atoms with van der Waals surface area (Å²) in [4.78, 5) is 12.1. The SMILES string of the molecule is CO[C@H](C(=O)NS(=O)(=O)Cc1ccon1)c1ccccc1. The van der Waals surface area contributed by atoms with Crippen LogP contribution in [0.1, 0.15) is 17.4 Å². The highest BCUT2D eigenvalue weighted by Gasteiger charge is 2.25. The normalized spacial score (nSPS) is 12.8. The van der Waals surface area contributed by atoms with Gasteiger partial charge in [0.25, 0.3) is 5.91 Å². The molecule has 2 rings (SSSR count). The van der Waals surface area contributed by atoms with Crippen LogP contribution in [0.25, 0.3) is 0 Å². The summed E-state index contributed by atoms with van der Waals surface area (Å²) in [6, 6.07) is 10.0. The van der Waals surface area contributed by atoms with E-state index in [0.29, 0.717) is 5.56 Å². The Morgan fingerprint density at radius 3 is 2.62 bits per heavy atom. The van der Waals surface area contributed by atoms with Gasteiger partial charge in [-0.05, 0) is 5.56 Å². The molecule has 0 saturated heterocycles. The summed E-state index contributed by atoms with van der Waals surface area (Å²) in [7, 11) is -2.53. The van der Waals surface area contributed by atoms with Crippen LogP contribution >= 0.6 is 0 Å². The molecule has 112 valence electrons. The molecule has 0 saturated carbocycles. The molecule has 7 nitrogen and oxygen atoms in total. The zero-order valence-electron chi connectivity index (χ0n) is 11.2. The summed E-state index contributed by atoms with van der Waals surface area (Å²) >= 11 is 0. The molecule has 1 atom stereocenters. The number of ether oxygens (including phenoxy) is 1. The fourth-order valence-corrected chi connectivity index (χ4v) is 2.80. The predicted molar refractivity (Wildman–Crippen MR) is 73.5 cm³/mol. The van der Waals surface area contributed by atoms with Crippen LogP contribution in [0.15, 0.2) is 47.2 Å². The maximum Gasteiger partial charge on any atom is 0.267 e. The number of carbonyl (C=O) groups excluding carboxylic acids is 1. The topological polar surface area (TPSA) is 98.5 Å². The molecule has 0 fully saturated rings. The monoisotopic (exact) mass is 310 g/mol. The Balaban J connectivity index is 2.09. The Bertz CT molecular complexity index is 683. The Kier molecular flexibility index (Phi) is 4.71. The molecule has 1 N–H and O–H groups in total. The molecule has 0 bridgehead atoms. The summed E-state index contributed by atoms with van der Waals surface area (Å²) in [6.45, 7) is 0. The first kappa shape index (κ1) is 15.2. The minimum absolute atomic E-state index is 0.212. The van der Waals surface area contributed by atoms with Gasteiger partial charge in [-0.1, -0.05) is 35.5 Å². The van der Waals surface area contributed by atoms with Gasteiger partial charge in [-0.2, -0.15) is 0 Å². The van der Waals surface area contributed by atoms with E-state index in [4.69, 9.17) is 4.74 Å². The van der Waals surface area contributed by atoms with Gasteiger partial charge in [-0.25, -0.2) is 8.42 Å². The second kappa shape index (κ2) is 6.51. The average Bonchev–Trinajstić information content (AvgIpc) is 2.92. The van der Waals surface area contributed by atoms with Crippen molar-refractivity contribution in [1.29, 1.82) is 0 Å². The van der Waals surface area contributed by atoms with Crippen LogP contribution in [0.5, 0.6) is 0 Å². The highest BCUT2D eigenvalue weighted by Crippen LogP contribution is 2.16. The highest BCUT2D eigenvalue weighted by atomic mass is 32.2. The van der Waals surface area contributed by atoms with E-state index in [1.807, 2.05) is 4.72 Å². The van der Waals surface area contributed by atoms with Crippen molar-refractivity contribution >= 4 is 15.9 Å². The first-order valence-electron chi connectivity index (χ1n) is 6.03.